The van der Waals surface area contributed by atoms with Crippen LogP contribution in [-0.2, 0) is 13.1 Å². The van der Waals surface area contributed by atoms with E-state index >= 15 is 0 Å². The Morgan fingerprint density at radius 2 is 1.93 bits per heavy atom. The molecule has 0 fully saturated rings. The van der Waals surface area contributed by atoms with Crippen LogP contribution >= 0.6 is 0 Å². The molecule has 1 aromatic heterocycles. The Morgan fingerprint density at radius 1 is 1.14 bits per heavy atom. The Kier molecular flexibility index (Phi) is 6.38. The fourth-order valence-electron chi connectivity index (χ4n) is 2.52. The third-order valence-electron chi connectivity index (χ3n) is 3.89. The van der Waals surface area contributed by atoms with Crippen LogP contribution in [0.5, 0.6) is 0 Å². The van der Waals surface area contributed by atoms with Crippen LogP contribution in [-0.4, -0.2) is 36.6 Å². The minimum absolute atomic E-state index is 0.0133. The summed E-state index contributed by atoms with van der Waals surface area (Å²) in [5.41, 5.74) is 1.55. The molecule has 2 N–H and O–H groups in total. The van der Waals surface area contributed by atoms with Crippen LogP contribution in [0.1, 0.15) is 37.7 Å². The van der Waals surface area contributed by atoms with Crippen LogP contribution in [0.4, 0.5) is 0 Å². The Balaban J connectivity index is 1.63. The molecule has 1 heterocycles. The van der Waals surface area contributed by atoms with E-state index in [2.05, 4.69) is 10.5 Å². The Morgan fingerprint density at radius 3 is 2.64 bits per heavy atom. The zero-order valence-electron chi connectivity index (χ0n) is 14.7. The first-order chi connectivity index (χ1) is 13.6. The van der Waals surface area contributed by atoms with E-state index in [1.807, 2.05) is 36.4 Å². The van der Waals surface area contributed by atoms with Crippen molar-refractivity contribution in [2.45, 2.75) is 13.1 Å². The quantitative estimate of drug-likeness (QED) is 0.513. The van der Waals surface area contributed by atoms with Gasteiger partial charge in [-0.05, 0) is 0 Å². The van der Waals surface area contributed by atoms with Crippen LogP contribution in [0.2, 0.25) is 0 Å². The summed E-state index contributed by atoms with van der Waals surface area (Å²) in [5, 5.41) is 25.3. The standard InChI is InChI=1S/C20H16AsN3O4/c22-10-14-6-7-17(16(8-14)20(26)27)21-19(25)18-9-15(28-24-18)12-23-11-13-4-2-1-3-5-13/h1-9,21,23H,11-12H2,(H,26,27). The van der Waals surface area contributed by atoms with E-state index < -0.39 is 21.7 Å². The van der Waals surface area contributed by atoms with Crippen molar-refractivity contribution in [3.8, 4) is 6.07 Å². The molecule has 28 heavy (non-hydrogen) atoms. The predicted molar refractivity (Wildman–Crippen MR) is 103 cm³/mol. The van der Waals surface area contributed by atoms with Crippen molar-refractivity contribution in [3.05, 3.63) is 82.7 Å². The van der Waals surface area contributed by atoms with Gasteiger partial charge in [-0.1, -0.05) is 0 Å². The summed E-state index contributed by atoms with van der Waals surface area (Å²) >= 11 is -1.45. The number of nitrogens with one attached hydrogen (secondary N) is 1. The summed E-state index contributed by atoms with van der Waals surface area (Å²) in [6.45, 7) is 1.08. The maximum atomic E-state index is 12.5. The van der Waals surface area contributed by atoms with Crippen molar-refractivity contribution in [2.75, 3.05) is 0 Å². The number of hydrogen-bond acceptors (Lipinski definition) is 6. The molecule has 0 saturated heterocycles. The summed E-state index contributed by atoms with van der Waals surface area (Å²) in [6.07, 6.45) is 0. The molecule has 3 aromatic rings. The maximum absolute atomic E-state index is 12.5. The van der Waals surface area contributed by atoms with Gasteiger partial charge in [0.25, 0.3) is 0 Å². The molecular formula is C20H16AsN3O4. The van der Waals surface area contributed by atoms with Gasteiger partial charge in [0.1, 0.15) is 0 Å². The van der Waals surface area contributed by atoms with Gasteiger partial charge in [0.15, 0.2) is 0 Å². The molecule has 7 nitrogen and oxygen atoms in total. The SMILES string of the molecule is N#Cc1ccc([AsH]C(=O)c2cc(CNCc3ccccc3)on2)c(C(=O)O)c1. The van der Waals surface area contributed by atoms with Crippen molar-refractivity contribution in [1.82, 2.24) is 10.5 Å². The molecule has 140 valence electrons. The van der Waals surface area contributed by atoms with Crippen molar-refractivity contribution < 1.29 is 19.2 Å². The normalized spacial score (nSPS) is 10.8. The number of carboxylic acid groups (broad SMARTS) is 1. The van der Waals surface area contributed by atoms with Crippen molar-refractivity contribution in [3.63, 3.8) is 0 Å². The number of carboxylic acids is 1. The van der Waals surface area contributed by atoms with E-state index in [1.54, 1.807) is 6.07 Å². The molecular weight excluding hydrogens is 421 g/mol. The molecule has 2 aromatic carbocycles. The van der Waals surface area contributed by atoms with Gasteiger partial charge in [-0.3, -0.25) is 0 Å². The van der Waals surface area contributed by atoms with Crippen LogP contribution < -0.4 is 9.67 Å². The molecule has 0 amide bonds. The molecule has 0 saturated carbocycles. The second kappa shape index (κ2) is 9.13. The van der Waals surface area contributed by atoms with Gasteiger partial charge >= 0.3 is 167 Å². The molecule has 0 spiro atoms. The van der Waals surface area contributed by atoms with Gasteiger partial charge in [-0.25, -0.2) is 0 Å². The number of aromatic nitrogens is 1. The van der Waals surface area contributed by atoms with E-state index in [-0.39, 0.29) is 21.4 Å². The average Bonchev–Trinajstić information content (AvgIpc) is 3.18. The van der Waals surface area contributed by atoms with Crippen LogP contribution in [0, 0.1) is 11.3 Å². The Bertz CT molecular complexity index is 1040. The number of aromatic carboxylic acids is 1. The summed E-state index contributed by atoms with van der Waals surface area (Å²) in [4.78, 5) is 23.9. The van der Waals surface area contributed by atoms with E-state index in [9.17, 15) is 14.7 Å². The van der Waals surface area contributed by atoms with Crippen molar-refractivity contribution in [1.29, 1.82) is 5.26 Å². The van der Waals surface area contributed by atoms with Crippen molar-refractivity contribution >= 4 is 30.6 Å². The molecule has 1 unspecified atom stereocenters. The molecule has 0 radical (unpaired) electrons. The average molecular weight is 437 g/mol. The number of carbonyl (C=O) groups excluding carboxylic acids is 1. The fourth-order valence-corrected chi connectivity index (χ4v) is 4.55. The third-order valence-corrected chi connectivity index (χ3v) is 6.38. The van der Waals surface area contributed by atoms with Gasteiger partial charge in [0.05, 0.1) is 0 Å². The van der Waals surface area contributed by atoms with E-state index in [0.717, 1.165) is 5.56 Å². The first kappa shape index (κ1) is 19.6. The van der Waals surface area contributed by atoms with Crippen LogP contribution in [0.15, 0.2) is 59.1 Å². The summed E-state index contributed by atoms with van der Waals surface area (Å²) in [6, 6.07) is 17.7. The fraction of sp³-hybridized carbons (Fsp3) is 0.100. The minimum atomic E-state index is -1.45. The van der Waals surface area contributed by atoms with E-state index in [4.69, 9.17) is 9.78 Å². The number of nitrogens with zero attached hydrogens (tertiary/aromatic N) is 2. The Hall–Kier alpha value is -3.20. The van der Waals surface area contributed by atoms with Crippen molar-refractivity contribution in [2.24, 2.45) is 0 Å². The third kappa shape index (κ3) is 4.95. The molecule has 8 heteroatoms. The van der Waals surface area contributed by atoms with Gasteiger partial charge < -0.3 is 0 Å². The number of benzene rings is 2. The first-order valence-electron chi connectivity index (χ1n) is 8.36. The van der Waals surface area contributed by atoms with Gasteiger partial charge in [-0.2, -0.15) is 0 Å². The number of hydrogen-bond donors (Lipinski definition) is 2. The number of carbonyl (C=O) groups is 2. The summed E-state index contributed by atoms with van der Waals surface area (Å²) in [7, 11) is 0. The second-order valence-corrected chi connectivity index (χ2v) is 8.51. The molecule has 0 aliphatic rings. The second-order valence-electron chi connectivity index (χ2n) is 5.90. The topological polar surface area (TPSA) is 116 Å². The van der Waals surface area contributed by atoms with Gasteiger partial charge in [0.2, 0.25) is 0 Å². The Labute approximate surface area is 167 Å². The predicted octanol–water partition coefficient (Wildman–Crippen LogP) is 1.44. The van der Waals surface area contributed by atoms with Gasteiger partial charge in [0, 0.05) is 0 Å². The van der Waals surface area contributed by atoms with Gasteiger partial charge in [-0.15, -0.1) is 0 Å². The number of rotatable bonds is 8. The summed E-state index contributed by atoms with van der Waals surface area (Å²) in [5.74, 6) is -0.626. The number of nitriles is 1. The zero-order chi connectivity index (χ0) is 19.9. The van der Waals surface area contributed by atoms with Crippen LogP contribution in [0.25, 0.3) is 0 Å². The van der Waals surface area contributed by atoms with Crippen LogP contribution in [0.3, 0.4) is 0 Å². The van der Waals surface area contributed by atoms with E-state index in [0.29, 0.717) is 23.2 Å². The molecule has 1 atom stereocenters. The molecule has 3 rings (SSSR count). The molecule has 0 bridgehead atoms. The summed E-state index contributed by atoms with van der Waals surface area (Å²) < 4.78 is 5.42. The van der Waals surface area contributed by atoms with E-state index in [1.165, 1.54) is 18.2 Å². The monoisotopic (exact) mass is 437 g/mol. The first-order valence-corrected chi connectivity index (χ1v) is 10.5. The zero-order valence-corrected chi connectivity index (χ0v) is 16.8. The molecule has 0 aliphatic heterocycles. The molecule has 0 aliphatic carbocycles.